The van der Waals surface area contributed by atoms with Gasteiger partial charge in [-0.05, 0) is 18.1 Å². The van der Waals surface area contributed by atoms with Crippen LogP contribution in [0.5, 0.6) is 0 Å². The van der Waals surface area contributed by atoms with E-state index in [1.165, 1.54) is 0 Å². The molecule has 0 aliphatic carbocycles. The van der Waals surface area contributed by atoms with E-state index in [0.29, 0.717) is 10.9 Å². The summed E-state index contributed by atoms with van der Waals surface area (Å²) in [7, 11) is -3.19. The Hall–Kier alpha value is -2.32. The van der Waals surface area contributed by atoms with Gasteiger partial charge in [-0.25, -0.2) is 0 Å². The topological polar surface area (TPSA) is 63.6 Å². The van der Waals surface area contributed by atoms with Gasteiger partial charge in [0.2, 0.25) is 0 Å². The van der Waals surface area contributed by atoms with E-state index in [2.05, 4.69) is 0 Å². The molecule has 2 aromatic carbocycles. The summed E-state index contributed by atoms with van der Waals surface area (Å²) in [6, 6.07) is 18.8. The maximum atomic E-state index is 14.5. The zero-order valence-corrected chi connectivity index (χ0v) is 16.8. The van der Waals surface area contributed by atoms with Crippen molar-refractivity contribution in [1.82, 2.24) is 0 Å². The summed E-state index contributed by atoms with van der Waals surface area (Å²) in [5.74, 6) is -1.59. The fourth-order valence-corrected chi connectivity index (χ4v) is 7.43. The normalized spacial score (nSPS) is 24.0. The van der Waals surface area contributed by atoms with Crippen molar-refractivity contribution in [2.24, 2.45) is 5.92 Å². The van der Waals surface area contributed by atoms with Crippen molar-refractivity contribution in [1.29, 1.82) is 0 Å². The summed E-state index contributed by atoms with van der Waals surface area (Å²) in [4.78, 5) is 12.7. The van der Waals surface area contributed by atoms with Gasteiger partial charge in [0.1, 0.15) is 18.8 Å². The van der Waals surface area contributed by atoms with Crippen LogP contribution in [0.4, 0.5) is 0 Å². The van der Waals surface area contributed by atoms with E-state index in [1.54, 1.807) is 20.8 Å². The molecule has 0 unspecified atom stereocenters. The van der Waals surface area contributed by atoms with Crippen LogP contribution in [0.3, 0.4) is 0 Å². The SMILES string of the molecule is CCOC(=O)[C@@H]1C(O)=C(c2ccccc2)[P@](=O)(Cc2ccccc2)C1(C)C. The zero-order valence-electron chi connectivity index (χ0n) is 15.9. The number of aliphatic hydroxyl groups excluding tert-OH is 1. The molecular weight excluding hydrogens is 359 g/mol. The van der Waals surface area contributed by atoms with Crippen LogP contribution in [-0.2, 0) is 20.3 Å². The Morgan fingerprint density at radius 2 is 1.63 bits per heavy atom. The first-order valence-electron chi connectivity index (χ1n) is 9.11. The summed E-state index contributed by atoms with van der Waals surface area (Å²) >= 11 is 0. The Morgan fingerprint density at radius 1 is 1.07 bits per heavy atom. The maximum absolute atomic E-state index is 14.5. The molecule has 5 heteroatoms. The van der Waals surface area contributed by atoms with Crippen molar-refractivity contribution >= 4 is 18.4 Å². The third-order valence-electron chi connectivity index (χ3n) is 5.33. The number of esters is 1. The molecule has 0 spiro atoms. The lowest BCUT2D eigenvalue weighted by Crippen LogP contribution is -2.35. The lowest BCUT2D eigenvalue weighted by Gasteiger charge is -2.33. The highest BCUT2D eigenvalue weighted by Crippen LogP contribution is 2.77. The van der Waals surface area contributed by atoms with Gasteiger partial charge in [0.05, 0.1) is 11.9 Å². The molecule has 0 bridgehead atoms. The molecule has 0 radical (unpaired) electrons. The van der Waals surface area contributed by atoms with Gasteiger partial charge in [-0.1, -0.05) is 74.5 Å². The number of rotatable bonds is 5. The van der Waals surface area contributed by atoms with Crippen molar-refractivity contribution in [3.05, 3.63) is 77.5 Å². The molecule has 0 saturated carbocycles. The van der Waals surface area contributed by atoms with Crippen LogP contribution in [0.15, 0.2) is 66.4 Å². The lowest BCUT2D eigenvalue weighted by molar-refractivity contribution is -0.148. The van der Waals surface area contributed by atoms with Crippen LogP contribution in [0.25, 0.3) is 5.31 Å². The van der Waals surface area contributed by atoms with Crippen molar-refractivity contribution in [3.63, 3.8) is 0 Å². The monoisotopic (exact) mass is 384 g/mol. The van der Waals surface area contributed by atoms with Crippen LogP contribution in [0.1, 0.15) is 31.9 Å². The van der Waals surface area contributed by atoms with E-state index >= 15 is 0 Å². The van der Waals surface area contributed by atoms with E-state index in [1.807, 2.05) is 60.7 Å². The Kier molecular flexibility index (Phi) is 5.30. The van der Waals surface area contributed by atoms with Gasteiger partial charge in [0.25, 0.3) is 0 Å². The molecule has 1 aliphatic rings. The van der Waals surface area contributed by atoms with Crippen LogP contribution in [-0.4, -0.2) is 22.8 Å². The number of hydrogen-bond acceptors (Lipinski definition) is 4. The van der Waals surface area contributed by atoms with Crippen molar-refractivity contribution in [3.8, 4) is 0 Å². The van der Waals surface area contributed by atoms with Crippen molar-refractivity contribution in [2.75, 3.05) is 6.61 Å². The molecular formula is C22H25O4P. The number of benzene rings is 2. The molecule has 4 nitrogen and oxygen atoms in total. The number of ether oxygens (including phenoxy) is 1. The van der Waals surface area contributed by atoms with Gasteiger partial charge >= 0.3 is 5.97 Å². The number of aliphatic hydroxyl groups is 1. The smallest absolute Gasteiger partial charge is 0.317 e. The predicted molar refractivity (Wildman–Crippen MR) is 108 cm³/mol. The van der Waals surface area contributed by atoms with E-state index in [4.69, 9.17) is 4.74 Å². The van der Waals surface area contributed by atoms with Crippen LogP contribution in [0.2, 0.25) is 0 Å². The lowest BCUT2D eigenvalue weighted by atomic mass is 9.92. The van der Waals surface area contributed by atoms with E-state index in [-0.39, 0.29) is 18.5 Å². The molecule has 1 N–H and O–H groups in total. The first-order valence-corrected chi connectivity index (χ1v) is 11.0. The first kappa shape index (κ1) is 19.4. The van der Waals surface area contributed by atoms with Gasteiger partial charge in [-0.3, -0.25) is 4.79 Å². The summed E-state index contributed by atoms with van der Waals surface area (Å²) in [5.41, 5.74) is 1.61. The average Bonchev–Trinajstić information content (AvgIpc) is 2.78. The van der Waals surface area contributed by atoms with Gasteiger partial charge < -0.3 is 14.4 Å². The fraction of sp³-hybridized carbons (Fsp3) is 0.318. The minimum absolute atomic E-state index is 0.121. The largest absolute Gasteiger partial charge is 0.511 e. The van der Waals surface area contributed by atoms with Crippen molar-refractivity contribution < 1.29 is 19.2 Å². The third-order valence-corrected chi connectivity index (χ3v) is 9.47. The Morgan fingerprint density at radius 3 is 2.19 bits per heavy atom. The summed E-state index contributed by atoms with van der Waals surface area (Å²) in [6.45, 7) is 5.53. The van der Waals surface area contributed by atoms with Crippen molar-refractivity contribution in [2.45, 2.75) is 32.1 Å². The molecule has 0 fully saturated rings. The fourth-order valence-electron chi connectivity index (χ4n) is 3.85. The van der Waals surface area contributed by atoms with Crippen LogP contribution in [0, 0.1) is 5.92 Å². The molecule has 2 atom stereocenters. The van der Waals surface area contributed by atoms with E-state index in [0.717, 1.165) is 5.56 Å². The van der Waals surface area contributed by atoms with Gasteiger partial charge in [0, 0.05) is 11.3 Å². The Labute approximate surface area is 160 Å². The molecule has 27 heavy (non-hydrogen) atoms. The number of carbonyl (C=O) groups is 1. The van der Waals surface area contributed by atoms with E-state index < -0.39 is 24.2 Å². The Bertz CT molecular complexity index is 900. The van der Waals surface area contributed by atoms with Crippen LogP contribution < -0.4 is 0 Å². The summed E-state index contributed by atoms with van der Waals surface area (Å²) in [5, 5.41) is 10.5. The second-order valence-corrected chi connectivity index (χ2v) is 10.7. The van der Waals surface area contributed by atoms with E-state index in [9.17, 15) is 14.5 Å². The molecule has 0 aromatic heterocycles. The van der Waals surface area contributed by atoms with Gasteiger partial charge in [-0.15, -0.1) is 0 Å². The predicted octanol–water partition coefficient (Wildman–Crippen LogP) is 5.45. The number of carbonyl (C=O) groups excluding carboxylic acids is 1. The molecule has 0 saturated heterocycles. The standard InChI is InChI=1S/C22H25O4P/c1-4-26-21(24)18-19(23)20(17-13-9-6-10-14-17)27(25,22(18,2)3)15-16-11-7-5-8-12-16/h5-14,18,23H,4,15H2,1-3H3/t18-,27+/m0/s1. The molecule has 1 aliphatic heterocycles. The van der Waals surface area contributed by atoms with Gasteiger partial charge in [0.15, 0.2) is 0 Å². The molecule has 142 valence electrons. The maximum Gasteiger partial charge on any atom is 0.317 e. The molecule has 1 heterocycles. The zero-order chi connectivity index (χ0) is 19.7. The third kappa shape index (κ3) is 3.23. The minimum atomic E-state index is -3.19. The van der Waals surface area contributed by atoms with Gasteiger partial charge in [-0.2, -0.15) is 0 Å². The molecule has 0 amide bonds. The summed E-state index contributed by atoms with van der Waals surface area (Å²) in [6.07, 6.45) is 0.283. The minimum Gasteiger partial charge on any atom is -0.511 e. The first-order chi connectivity index (χ1) is 12.8. The Balaban J connectivity index is 2.19. The quantitative estimate of drug-likeness (QED) is 0.550. The second-order valence-electron chi connectivity index (χ2n) is 7.32. The second kappa shape index (κ2) is 7.36. The van der Waals surface area contributed by atoms with Crippen LogP contribution >= 0.6 is 7.14 Å². The highest BCUT2D eigenvalue weighted by Gasteiger charge is 2.60. The molecule has 3 rings (SSSR count). The average molecular weight is 384 g/mol. The highest BCUT2D eigenvalue weighted by molar-refractivity contribution is 7.75. The molecule has 2 aromatic rings. The number of hydrogen-bond donors (Lipinski definition) is 1. The highest BCUT2D eigenvalue weighted by atomic mass is 31.2. The summed E-state index contributed by atoms with van der Waals surface area (Å²) < 4.78 is 19.7.